The number of hydrogen-bond acceptors (Lipinski definition) is 4. The van der Waals surface area contributed by atoms with Gasteiger partial charge in [0.05, 0.1) is 0 Å². The summed E-state index contributed by atoms with van der Waals surface area (Å²) in [6.45, 7) is 0. The number of rotatable bonds is 3. The van der Waals surface area contributed by atoms with Crippen LogP contribution in [0.5, 0.6) is 0 Å². The lowest BCUT2D eigenvalue weighted by molar-refractivity contribution is 0.353. The highest BCUT2D eigenvalue weighted by Gasteiger charge is 2.36. The molecule has 2 N–H and O–H groups in total. The summed E-state index contributed by atoms with van der Waals surface area (Å²) >= 11 is 0. The fourth-order valence-corrected chi connectivity index (χ4v) is 3.72. The van der Waals surface area contributed by atoms with Crippen LogP contribution in [0.25, 0.3) is 0 Å². The Bertz CT molecular complexity index is 553. The van der Waals surface area contributed by atoms with E-state index in [1.807, 2.05) is 0 Å². The van der Waals surface area contributed by atoms with E-state index >= 15 is 0 Å². The van der Waals surface area contributed by atoms with Gasteiger partial charge in [-0.3, -0.25) is 4.79 Å². The average Bonchev–Trinajstić information content (AvgIpc) is 3.23. The minimum Gasteiger partial charge on any atom is -0.356 e. The molecule has 4 rings (SSSR count). The van der Waals surface area contributed by atoms with Gasteiger partial charge in [0.1, 0.15) is 11.6 Å². The summed E-state index contributed by atoms with van der Waals surface area (Å²) in [5, 5.41) is 3.66. The van der Waals surface area contributed by atoms with Crippen LogP contribution >= 0.6 is 0 Å². The predicted octanol–water partition coefficient (Wildman–Crippen LogP) is 1.37. The Morgan fingerprint density at radius 3 is 2.55 bits per heavy atom. The third kappa shape index (κ3) is 2.24. The van der Waals surface area contributed by atoms with Gasteiger partial charge in [-0.2, -0.15) is 0 Å². The summed E-state index contributed by atoms with van der Waals surface area (Å²) in [6.07, 6.45) is 7.25. The normalized spacial score (nSPS) is 32.4. The molecular weight excluding hydrogens is 252 g/mol. The lowest BCUT2D eigenvalue weighted by atomic mass is 9.98. The van der Waals surface area contributed by atoms with E-state index in [-0.39, 0.29) is 5.56 Å². The Balaban J connectivity index is 1.58. The number of fused-ring (bicyclic) bond motifs is 2. The van der Waals surface area contributed by atoms with Crippen molar-refractivity contribution in [3.63, 3.8) is 0 Å². The lowest BCUT2D eigenvalue weighted by Crippen LogP contribution is -2.47. The summed E-state index contributed by atoms with van der Waals surface area (Å²) in [5.74, 6) is 2.22. The van der Waals surface area contributed by atoms with Gasteiger partial charge < -0.3 is 15.2 Å². The molecule has 3 fully saturated rings. The maximum Gasteiger partial charge on any atom is 0.252 e. The minimum absolute atomic E-state index is 0.0133. The van der Waals surface area contributed by atoms with E-state index in [1.165, 1.54) is 25.7 Å². The second-order valence-electron chi connectivity index (χ2n) is 6.64. The van der Waals surface area contributed by atoms with Crippen LogP contribution in [0.4, 0.5) is 5.82 Å². The lowest BCUT2D eigenvalue weighted by Gasteiger charge is -2.36. The van der Waals surface area contributed by atoms with Gasteiger partial charge in [0.25, 0.3) is 5.56 Å². The second kappa shape index (κ2) is 4.58. The summed E-state index contributed by atoms with van der Waals surface area (Å²) < 4.78 is 0. The van der Waals surface area contributed by atoms with Crippen LogP contribution < -0.4 is 15.8 Å². The van der Waals surface area contributed by atoms with Crippen molar-refractivity contribution in [1.29, 1.82) is 0 Å². The maximum atomic E-state index is 11.8. The topological polar surface area (TPSA) is 61.0 Å². The molecule has 5 heteroatoms. The number of nitrogens with zero attached hydrogens (tertiary/aromatic N) is 2. The van der Waals surface area contributed by atoms with E-state index in [0.717, 1.165) is 24.5 Å². The molecule has 1 aliphatic carbocycles. The Hall–Kier alpha value is -1.36. The first kappa shape index (κ1) is 12.4. The molecule has 5 nitrogen and oxygen atoms in total. The molecule has 2 unspecified atom stereocenters. The highest BCUT2D eigenvalue weighted by atomic mass is 16.1. The predicted molar refractivity (Wildman–Crippen MR) is 78.2 cm³/mol. The minimum atomic E-state index is -0.0133. The Morgan fingerprint density at radius 1 is 1.20 bits per heavy atom. The Labute approximate surface area is 118 Å². The fourth-order valence-electron chi connectivity index (χ4n) is 3.72. The average molecular weight is 274 g/mol. The van der Waals surface area contributed by atoms with Crippen LogP contribution in [0.15, 0.2) is 10.9 Å². The largest absolute Gasteiger partial charge is 0.356 e. The standard InChI is InChI=1S/C15H22N4O/c1-19(12-6-10-4-5-11(7-12)16-10)13-8-14(20)18-15(17-13)9-2-3-9/h8-12,16H,2-7H2,1H3,(H,17,18,20). The van der Waals surface area contributed by atoms with Crippen molar-refractivity contribution in [3.8, 4) is 0 Å². The van der Waals surface area contributed by atoms with Gasteiger partial charge in [0.2, 0.25) is 0 Å². The number of anilines is 1. The highest BCUT2D eigenvalue weighted by molar-refractivity contribution is 5.39. The smallest absolute Gasteiger partial charge is 0.252 e. The zero-order chi connectivity index (χ0) is 13.7. The van der Waals surface area contributed by atoms with Gasteiger partial charge in [0, 0.05) is 37.2 Å². The Kier molecular flexibility index (Phi) is 2.84. The van der Waals surface area contributed by atoms with Gasteiger partial charge in [0.15, 0.2) is 0 Å². The molecule has 2 atom stereocenters. The quantitative estimate of drug-likeness (QED) is 0.874. The molecule has 0 amide bonds. The van der Waals surface area contributed by atoms with E-state index in [9.17, 15) is 4.79 Å². The van der Waals surface area contributed by atoms with Crippen molar-refractivity contribution in [3.05, 3.63) is 22.2 Å². The summed E-state index contributed by atoms with van der Waals surface area (Å²) in [5.41, 5.74) is -0.0133. The van der Waals surface area contributed by atoms with Gasteiger partial charge >= 0.3 is 0 Å². The first-order chi connectivity index (χ1) is 9.69. The van der Waals surface area contributed by atoms with Crippen molar-refractivity contribution < 1.29 is 0 Å². The first-order valence-electron chi connectivity index (χ1n) is 7.79. The molecule has 108 valence electrons. The molecule has 0 radical (unpaired) electrons. The first-order valence-corrected chi connectivity index (χ1v) is 7.79. The number of aromatic amines is 1. The third-order valence-corrected chi connectivity index (χ3v) is 5.07. The molecule has 3 heterocycles. The van der Waals surface area contributed by atoms with Crippen LogP contribution in [-0.4, -0.2) is 35.1 Å². The van der Waals surface area contributed by atoms with Crippen LogP contribution in [0.3, 0.4) is 0 Å². The number of nitrogens with one attached hydrogen (secondary N) is 2. The molecular formula is C15H22N4O. The van der Waals surface area contributed by atoms with Gasteiger partial charge in [-0.1, -0.05) is 0 Å². The van der Waals surface area contributed by atoms with Gasteiger partial charge in [-0.25, -0.2) is 4.98 Å². The van der Waals surface area contributed by atoms with E-state index in [4.69, 9.17) is 4.98 Å². The summed E-state index contributed by atoms with van der Waals surface area (Å²) in [6, 6.07) is 3.47. The van der Waals surface area contributed by atoms with Crippen LogP contribution in [0.1, 0.15) is 50.3 Å². The van der Waals surface area contributed by atoms with Crippen molar-refractivity contribution in [1.82, 2.24) is 15.3 Å². The Morgan fingerprint density at radius 2 is 1.90 bits per heavy atom. The second-order valence-corrected chi connectivity index (χ2v) is 6.64. The number of piperidine rings is 1. The third-order valence-electron chi connectivity index (χ3n) is 5.07. The van der Waals surface area contributed by atoms with Crippen molar-refractivity contribution in [2.24, 2.45) is 0 Å². The number of aromatic nitrogens is 2. The summed E-state index contributed by atoms with van der Waals surface area (Å²) in [7, 11) is 2.09. The molecule has 1 aromatic heterocycles. The zero-order valence-corrected chi connectivity index (χ0v) is 11.9. The highest BCUT2D eigenvalue weighted by Crippen LogP contribution is 2.38. The molecule has 2 saturated heterocycles. The van der Waals surface area contributed by atoms with E-state index < -0.39 is 0 Å². The molecule has 0 spiro atoms. The molecule has 1 saturated carbocycles. The summed E-state index contributed by atoms with van der Waals surface area (Å²) in [4.78, 5) is 21.6. The molecule has 2 bridgehead atoms. The van der Waals surface area contributed by atoms with Crippen LogP contribution in [0, 0.1) is 0 Å². The van der Waals surface area contributed by atoms with E-state index in [0.29, 0.717) is 24.0 Å². The van der Waals surface area contributed by atoms with Crippen molar-refractivity contribution in [2.75, 3.05) is 11.9 Å². The van der Waals surface area contributed by atoms with Gasteiger partial charge in [-0.15, -0.1) is 0 Å². The molecule has 1 aromatic rings. The number of H-pyrrole nitrogens is 1. The van der Waals surface area contributed by atoms with Crippen molar-refractivity contribution in [2.45, 2.75) is 62.6 Å². The SMILES string of the molecule is CN(c1cc(=O)[nH]c(C2CC2)n1)C1CC2CCC(C1)N2. The maximum absolute atomic E-state index is 11.8. The van der Waals surface area contributed by atoms with Crippen LogP contribution in [-0.2, 0) is 0 Å². The van der Waals surface area contributed by atoms with Gasteiger partial charge in [-0.05, 0) is 38.5 Å². The zero-order valence-electron chi connectivity index (χ0n) is 11.9. The molecule has 3 aliphatic rings. The van der Waals surface area contributed by atoms with E-state index in [1.54, 1.807) is 6.07 Å². The molecule has 2 aliphatic heterocycles. The monoisotopic (exact) mass is 274 g/mol. The van der Waals surface area contributed by atoms with Crippen molar-refractivity contribution >= 4 is 5.82 Å². The fraction of sp³-hybridized carbons (Fsp3) is 0.733. The van der Waals surface area contributed by atoms with Crippen LogP contribution in [0.2, 0.25) is 0 Å². The number of hydrogen-bond donors (Lipinski definition) is 2. The van der Waals surface area contributed by atoms with E-state index in [2.05, 4.69) is 22.2 Å². The molecule has 0 aromatic carbocycles. The molecule has 20 heavy (non-hydrogen) atoms.